The fraction of sp³-hybridized carbons (Fsp3) is 0.211. The maximum absolute atomic E-state index is 12.4. The summed E-state index contributed by atoms with van der Waals surface area (Å²) in [7, 11) is 1.54. The molecule has 0 atom stereocenters. The number of amides is 2. The monoisotopic (exact) mass is 355 g/mol. The summed E-state index contributed by atoms with van der Waals surface area (Å²) in [5, 5.41) is 15.8. The third-order valence-electron chi connectivity index (χ3n) is 3.52. The second-order valence-electron chi connectivity index (χ2n) is 5.54. The second kappa shape index (κ2) is 9.22. The predicted octanol–water partition coefficient (Wildman–Crippen LogP) is 1.81. The van der Waals surface area contributed by atoms with Crippen molar-refractivity contribution in [1.82, 2.24) is 0 Å². The summed E-state index contributed by atoms with van der Waals surface area (Å²) in [4.78, 5) is 34.5. The van der Waals surface area contributed by atoms with E-state index in [0.29, 0.717) is 22.7 Å². The van der Waals surface area contributed by atoms with E-state index in [1.54, 1.807) is 55.6 Å². The highest BCUT2D eigenvalue weighted by atomic mass is 16.5. The Morgan fingerprint density at radius 2 is 1.65 bits per heavy atom. The molecule has 0 saturated carbocycles. The van der Waals surface area contributed by atoms with Gasteiger partial charge in [-0.2, -0.15) is 0 Å². The van der Waals surface area contributed by atoms with Crippen LogP contribution in [0.5, 0.6) is 5.75 Å². The summed E-state index contributed by atoms with van der Waals surface area (Å²) >= 11 is 0. The van der Waals surface area contributed by atoms with Crippen molar-refractivity contribution in [2.24, 2.45) is 0 Å². The Morgan fingerprint density at radius 1 is 0.962 bits per heavy atom. The first-order valence-electron chi connectivity index (χ1n) is 8.03. The lowest BCUT2D eigenvalue weighted by Gasteiger charge is -2.09. The first-order chi connectivity index (χ1) is 12.5. The third-order valence-corrected chi connectivity index (χ3v) is 3.52. The number of carbonyl (C=O) groups excluding carboxylic acids is 3. The number of aliphatic carboxylic acids is 1. The topological polar surface area (TPSA) is 108 Å². The van der Waals surface area contributed by atoms with Crippen LogP contribution in [-0.2, 0) is 9.59 Å². The van der Waals surface area contributed by atoms with Gasteiger partial charge < -0.3 is 25.3 Å². The number of rotatable bonds is 8. The van der Waals surface area contributed by atoms with Crippen LogP contribution in [0.15, 0.2) is 48.5 Å². The van der Waals surface area contributed by atoms with Crippen molar-refractivity contribution in [3.8, 4) is 5.75 Å². The number of ether oxygens (including phenoxy) is 1. The van der Waals surface area contributed by atoms with Crippen LogP contribution in [-0.4, -0.2) is 24.9 Å². The first-order valence-corrected chi connectivity index (χ1v) is 8.03. The maximum Gasteiger partial charge on any atom is 0.255 e. The van der Waals surface area contributed by atoms with E-state index in [0.717, 1.165) is 0 Å². The van der Waals surface area contributed by atoms with Gasteiger partial charge in [-0.05, 0) is 43.2 Å². The van der Waals surface area contributed by atoms with Crippen LogP contribution in [0, 0.1) is 0 Å². The zero-order valence-corrected chi connectivity index (χ0v) is 14.3. The molecule has 2 aromatic rings. The van der Waals surface area contributed by atoms with Crippen molar-refractivity contribution in [1.29, 1.82) is 0 Å². The number of hydrogen-bond donors (Lipinski definition) is 2. The van der Waals surface area contributed by atoms with E-state index < -0.39 is 5.97 Å². The number of nitrogens with one attached hydrogen (secondary N) is 2. The molecule has 2 aromatic carbocycles. The number of methoxy groups -OCH3 is 1. The number of anilines is 2. The van der Waals surface area contributed by atoms with Crippen molar-refractivity contribution in [2.75, 3.05) is 17.7 Å². The highest BCUT2D eigenvalue weighted by molar-refractivity contribution is 6.05. The largest absolute Gasteiger partial charge is 0.550 e. The standard InChI is InChI=1S/C19H20N2O5/c1-26-16-8-3-7-15(12-16)21-19(25)13-5-2-6-14(11-13)20-17(22)9-4-10-18(23)24/h2-3,5-8,11-12H,4,9-10H2,1H3,(H,20,22)(H,21,25)(H,23,24)/p-1. The van der Waals surface area contributed by atoms with Crippen LogP contribution in [0.1, 0.15) is 29.6 Å². The fourth-order valence-electron chi connectivity index (χ4n) is 2.26. The molecule has 2 rings (SSSR count). The van der Waals surface area contributed by atoms with Crippen LogP contribution in [0.25, 0.3) is 0 Å². The molecule has 0 aromatic heterocycles. The minimum atomic E-state index is -1.19. The number of carbonyl (C=O) groups is 3. The highest BCUT2D eigenvalue weighted by Gasteiger charge is 2.09. The van der Waals surface area contributed by atoms with E-state index >= 15 is 0 Å². The van der Waals surface area contributed by atoms with E-state index in [1.165, 1.54) is 0 Å². The molecule has 0 bridgehead atoms. The van der Waals surface area contributed by atoms with Gasteiger partial charge in [-0.15, -0.1) is 0 Å². The summed E-state index contributed by atoms with van der Waals surface area (Å²) in [6, 6.07) is 13.4. The lowest BCUT2D eigenvalue weighted by atomic mass is 10.1. The highest BCUT2D eigenvalue weighted by Crippen LogP contribution is 2.18. The van der Waals surface area contributed by atoms with Gasteiger partial charge in [0.2, 0.25) is 5.91 Å². The number of benzene rings is 2. The van der Waals surface area contributed by atoms with Crippen molar-refractivity contribution < 1.29 is 24.2 Å². The molecule has 0 fully saturated rings. The van der Waals surface area contributed by atoms with Crippen LogP contribution >= 0.6 is 0 Å². The Labute approximate surface area is 151 Å². The van der Waals surface area contributed by atoms with E-state index in [1.807, 2.05) is 0 Å². The van der Waals surface area contributed by atoms with Gasteiger partial charge in [0.1, 0.15) is 5.75 Å². The SMILES string of the molecule is COc1cccc(NC(=O)c2cccc(NC(=O)CCCC(=O)[O-])c2)c1. The maximum atomic E-state index is 12.4. The molecular weight excluding hydrogens is 336 g/mol. The molecule has 0 heterocycles. The Hall–Kier alpha value is -3.35. The predicted molar refractivity (Wildman–Crippen MR) is 94.9 cm³/mol. The summed E-state index contributed by atoms with van der Waals surface area (Å²) < 4.78 is 5.11. The molecule has 0 aliphatic heterocycles. The minimum Gasteiger partial charge on any atom is -0.550 e. The van der Waals surface area contributed by atoms with Gasteiger partial charge >= 0.3 is 0 Å². The molecule has 26 heavy (non-hydrogen) atoms. The normalized spacial score (nSPS) is 10.0. The lowest BCUT2D eigenvalue weighted by molar-refractivity contribution is -0.305. The number of carboxylic acids is 1. The van der Waals surface area contributed by atoms with Gasteiger partial charge in [0.15, 0.2) is 0 Å². The zero-order chi connectivity index (χ0) is 18.9. The molecule has 0 aliphatic rings. The van der Waals surface area contributed by atoms with E-state index in [4.69, 9.17) is 4.74 Å². The fourth-order valence-corrected chi connectivity index (χ4v) is 2.26. The number of carboxylic acid groups (broad SMARTS) is 1. The van der Waals surface area contributed by atoms with Gasteiger partial charge in [0.25, 0.3) is 5.91 Å². The third kappa shape index (κ3) is 5.94. The molecule has 0 radical (unpaired) electrons. The van der Waals surface area contributed by atoms with Crippen LogP contribution < -0.4 is 20.5 Å². The molecule has 136 valence electrons. The second-order valence-corrected chi connectivity index (χ2v) is 5.54. The van der Waals surface area contributed by atoms with E-state index in [-0.39, 0.29) is 31.1 Å². The van der Waals surface area contributed by atoms with Crippen molar-refractivity contribution in [3.05, 3.63) is 54.1 Å². The smallest absolute Gasteiger partial charge is 0.255 e. The minimum absolute atomic E-state index is 0.0637. The van der Waals surface area contributed by atoms with Gasteiger partial charge in [-0.25, -0.2) is 0 Å². The quantitative estimate of drug-likeness (QED) is 0.751. The van der Waals surface area contributed by atoms with Gasteiger partial charge in [0.05, 0.1) is 7.11 Å². The average molecular weight is 355 g/mol. The molecule has 0 saturated heterocycles. The van der Waals surface area contributed by atoms with Gasteiger partial charge in [0, 0.05) is 35.4 Å². The Balaban J connectivity index is 1.97. The molecule has 0 unspecified atom stereocenters. The Kier molecular flexibility index (Phi) is 6.73. The first kappa shape index (κ1) is 19.0. The van der Waals surface area contributed by atoms with E-state index in [2.05, 4.69) is 10.6 Å². The number of hydrogen-bond acceptors (Lipinski definition) is 5. The van der Waals surface area contributed by atoms with Crippen LogP contribution in [0.2, 0.25) is 0 Å². The molecule has 2 N–H and O–H groups in total. The summed E-state index contributed by atoms with van der Waals surface area (Å²) in [5.41, 5.74) is 1.42. The summed E-state index contributed by atoms with van der Waals surface area (Å²) in [5.74, 6) is -1.21. The van der Waals surface area contributed by atoms with Crippen molar-refractivity contribution in [2.45, 2.75) is 19.3 Å². The van der Waals surface area contributed by atoms with E-state index in [9.17, 15) is 19.5 Å². The van der Waals surface area contributed by atoms with Crippen LogP contribution in [0.3, 0.4) is 0 Å². The van der Waals surface area contributed by atoms with Crippen molar-refractivity contribution >= 4 is 29.2 Å². The zero-order valence-electron chi connectivity index (χ0n) is 14.3. The molecule has 7 nitrogen and oxygen atoms in total. The van der Waals surface area contributed by atoms with Gasteiger partial charge in [-0.3, -0.25) is 9.59 Å². The molecule has 0 spiro atoms. The van der Waals surface area contributed by atoms with Gasteiger partial charge in [-0.1, -0.05) is 12.1 Å². The molecule has 2 amide bonds. The molecule has 0 aliphatic carbocycles. The molecular formula is C19H19N2O5-. The molecule has 7 heteroatoms. The summed E-state index contributed by atoms with van der Waals surface area (Å²) in [6.07, 6.45) is 0.0921. The van der Waals surface area contributed by atoms with Crippen molar-refractivity contribution in [3.63, 3.8) is 0 Å². The summed E-state index contributed by atoms with van der Waals surface area (Å²) in [6.45, 7) is 0. The lowest BCUT2D eigenvalue weighted by Crippen LogP contribution is -2.22. The average Bonchev–Trinajstić information content (AvgIpc) is 2.61. The Bertz CT molecular complexity index is 804. The van der Waals surface area contributed by atoms with Crippen LogP contribution in [0.4, 0.5) is 11.4 Å². The Morgan fingerprint density at radius 3 is 2.35 bits per heavy atom.